The van der Waals surface area contributed by atoms with E-state index in [4.69, 9.17) is 11.6 Å². The Morgan fingerprint density at radius 1 is 1.50 bits per heavy atom. The van der Waals surface area contributed by atoms with Gasteiger partial charge in [-0.1, -0.05) is 18.2 Å². The smallest absolute Gasteiger partial charge is 0.0376 e. The Morgan fingerprint density at radius 3 is 3.00 bits per heavy atom. The predicted octanol–water partition coefficient (Wildman–Crippen LogP) is 3.44. The van der Waals surface area contributed by atoms with Crippen molar-refractivity contribution in [2.75, 3.05) is 25.2 Å². The zero-order valence-corrected chi connectivity index (χ0v) is 11.4. The van der Waals surface area contributed by atoms with Gasteiger partial charge in [0, 0.05) is 35.0 Å². The fourth-order valence-corrected chi connectivity index (χ4v) is 3.50. The second-order valence-corrected chi connectivity index (χ2v) is 5.86. The Balaban J connectivity index is 2.03. The second-order valence-electron chi connectivity index (χ2n) is 4.49. The monoisotopic (exact) mass is 255 g/mol. The van der Waals surface area contributed by atoms with E-state index in [1.165, 1.54) is 16.2 Å². The van der Waals surface area contributed by atoms with Gasteiger partial charge >= 0.3 is 0 Å². The third kappa shape index (κ3) is 2.55. The van der Waals surface area contributed by atoms with E-state index in [1.807, 2.05) is 11.8 Å². The molecule has 1 aliphatic heterocycles. The van der Waals surface area contributed by atoms with Gasteiger partial charge in [-0.2, -0.15) is 0 Å². The minimum Gasteiger partial charge on any atom is -0.302 e. The van der Waals surface area contributed by atoms with Gasteiger partial charge < -0.3 is 4.90 Å². The molecule has 0 aromatic heterocycles. The van der Waals surface area contributed by atoms with Gasteiger partial charge in [0.15, 0.2) is 0 Å². The molecule has 2 rings (SSSR count). The van der Waals surface area contributed by atoms with Crippen molar-refractivity contribution in [3.8, 4) is 0 Å². The number of hydrogen-bond acceptors (Lipinski definition) is 2. The molecule has 1 heterocycles. The highest BCUT2D eigenvalue weighted by atomic mass is 35.5. The molecule has 0 fully saturated rings. The van der Waals surface area contributed by atoms with Crippen LogP contribution in [0.4, 0.5) is 0 Å². The molecule has 0 aliphatic carbocycles. The number of halogens is 1. The molecule has 0 spiro atoms. The summed E-state index contributed by atoms with van der Waals surface area (Å²) in [6, 6.07) is 9.21. The van der Waals surface area contributed by atoms with Crippen LogP contribution in [0.5, 0.6) is 0 Å². The van der Waals surface area contributed by atoms with Gasteiger partial charge in [0.2, 0.25) is 0 Å². The van der Waals surface area contributed by atoms with Gasteiger partial charge in [0.05, 0.1) is 0 Å². The van der Waals surface area contributed by atoms with E-state index >= 15 is 0 Å². The number of fused-ring (bicyclic) bond motifs is 1. The van der Waals surface area contributed by atoms with Gasteiger partial charge in [-0.25, -0.2) is 0 Å². The number of benzene rings is 1. The van der Waals surface area contributed by atoms with Crippen molar-refractivity contribution in [1.82, 2.24) is 4.90 Å². The van der Waals surface area contributed by atoms with Crippen LogP contribution >= 0.6 is 23.4 Å². The number of likely N-dealkylation sites (N-methyl/N-ethyl adjacent to an activating group) is 1. The number of hydrogen-bond donors (Lipinski definition) is 0. The third-order valence-electron chi connectivity index (χ3n) is 3.28. The highest BCUT2D eigenvalue weighted by Gasteiger charge is 2.24. The zero-order chi connectivity index (χ0) is 11.5. The molecule has 16 heavy (non-hydrogen) atoms. The fraction of sp³-hybridized carbons (Fsp3) is 0.538. The summed E-state index contributed by atoms with van der Waals surface area (Å²) < 4.78 is 0. The van der Waals surface area contributed by atoms with Crippen LogP contribution in [-0.2, 0) is 0 Å². The van der Waals surface area contributed by atoms with Crippen molar-refractivity contribution >= 4 is 23.4 Å². The van der Waals surface area contributed by atoms with E-state index in [0.717, 1.165) is 6.54 Å². The summed E-state index contributed by atoms with van der Waals surface area (Å²) in [5.41, 5.74) is 1.51. The second kappa shape index (κ2) is 5.44. The summed E-state index contributed by atoms with van der Waals surface area (Å²) in [6.07, 6.45) is 0. The maximum atomic E-state index is 5.89. The normalized spacial score (nSPS) is 21.1. The highest BCUT2D eigenvalue weighted by Crippen LogP contribution is 2.39. The van der Waals surface area contributed by atoms with Crippen molar-refractivity contribution in [2.24, 2.45) is 0 Å². The Bertz CT molecular complexity index is 356. The van der Waals surface area contributed by atoms with Gasteiger partial charge in [-0.15, -0.1) is 23.4 Å². The van der Waals surface area contributed by atoms with E-state index in [-0.39, 0.29) is 0 Å². The maximum Gasteiger partial charge on any atom is 0.0376 e. The topological polar surface area (TPSA) is 3.24 Å². The lowest BCUT2D eigenvalue weighted by molar-refractivity contribution is 0.265. The third-order valence-corrected chi connectivity index (χ3v) is 4.98. The van der Waals surface area contributed by atoms with Crippen molar-refractivity contribution < 1.29 is 0 Å². The highest BCUT2D eigenvalue weighted by molar-refractivity contribution is 7.99. The lowest BCUT2D eigenvalue weighted by atomic mass is 10.0. The molecule has 0 saturated carbocycles. The van der Waals surface area contributed by atoms with Gasteiger partial charge in [0.25, 0.3) is 0 Å². The lowest BCUT2D eigenvalue weighted by Gasteiger charge is -2.26. The molecule has 1 aromatic rings. The van der Waals surface area contributed by atoms with Crippen molar-refractivity contribution in [1.29, 1.82) is 0 Å². The maximum absolute atomic E-state index is 5.89. The van der Waals surface area contributed by atoms with E-state index in [9.17, 15) is 0 Å². The SMILES string of the molecule is CC(CCl)N(C)CC1CSc2ccccc21. The van der Waals surface area contributed by atoms with Gasteiger partial charge in [-0.3, -0.25) is 0 Å². The van der Waals surface area contributed by atoms with E-state index in [0.29, 0.717) is 17.8 Å². The first kappa shape index (κ1) is 12.3. The number of alkyl halides is 1. The average Bonchev–Trinajstić information content (AvgIpc) is 2.72. The average molecular weight is 256 g/mol. The van der Waals surface area contributed by atoms with Crippen molar-refractivity contribution in [3.05, 3.63) is 29.8 Å². The molecule has 1 aromatic carbocycles. The van der Waals surface area contributed by atoms with E-state index in [2.05, 4.69) is 43.1 Å². The largest absolute Gasteiger partial charge is 0.302 e. The van der Waals surface area contributed by atoms with Crippen LogP contribution in [0.15, 0.2) is 29.2 Å². The summed E-state index contributed by atoms with van der Waals surface area (Å²) in [7, 11) is 2.17. The first-order valence-corrected chi connectivity index (χ1v) is 7.22. The molecule has 0 amide bonds. The summed E-state index contributed by atoms with van der Waals surface area (Å²) in [5, 5.41) is 0. The molecule has 1 nitrogen and oxygen atoms in total. The Kier molecular flexibility index (Phi) is 4.17. The molecule has 3 heteroatoms. The van der Waals surface area contributed by atoms with Crippen LogP contribution in [0.3, 0.4) is 0 Å². The minimum absolute atomic E-state index is 0.458. The molecular formula is C13H18ClNS. The van der Waals surface area contributed by atoms with Crippen LogP contribution < -0.4 is 0 Å². The summed E-state index contributed by atoms with van der Waals surface area (Å²) in [6.45, 7) is 3.29. The molecule has 2 atom stereocenters. The molecule has 1 aliphatic rings. The molecule has 0 radical (unpaired) electrons. The first-order valence-electron chi connectivity index (χ1n) is 5.70. The number of rotatable bonds is 4. The van der Waals surface area contributed by atoms with Crippen LogP contribution in [0, 0.1) is 0 Å². The van der Waals surface area contributed by atoms with Crippen LogP contribution in [-0.4, -0.2) is 36.2 Å². The van der Waals surface area contributed by atoms with Gasteiger partial charge in [0.1, 0.15) is 0 Å². The Morgan fingerprint density at radius 2 is 2.25 bits per heavy atom. The molecule has 0 N–H and O–H groups in total. The Labute approximate surface area is 107 Å². The van der Waals surface area contributed by atoms with Crippen molar-refractivity contribution in [3.63, 3.8) is 0 Å². The summed E-state index contributed by atoms with van der Waals surface area (Å²) >= 11 is 7.86. The van der Waals surface area contributed by atoms with Crippen LogP contribution in [0.25, 0.3) is 0 Å². The van der Waals surface area contributed by atoms with Crippen LogP contribution in [0.2, 0.25) is 0 Å². The summed E-state index contributed by atoms with van der Waals surface area (Å²) in [4.78, 5) is 3.82. The Hall–Kier alpha value is -0.180. The fourth-order valence-electron chi connectivity index (χ4n) is 2.03. The number of nitrogens with zero attached hydrogens (tertiary/aromatic N) is 1. The first-order chi connectivity index (χ1) is 7.72. The zero-order valence-electron chi connectivity index (χ0n) is 9.82. The van der Waals surface area contributed by atoms with Gasteiger partial charge in [-0.05, 0) is 25.6 Å². The van der Waals surface area contributed by atoms with E-state index < -0.39 is 0 Å². The lowest BCUT2D eigenvalue weighted by Crippen LogP contribution is -2.34. The minimum atomic E-state index is 0.458. The molecule has 0 bridgehead atoms. The predicted molar refractivity (Wildman–Crippen MR) is 72.7 cm³/mol. The molecule has 0 saturated heterocycles. The van der Waals surface area contributed by atoms with Crippen LogP contribution in [0.1, 0.15) is 18.4 Å². The number of thioether (sulfide) groups is 1. The van der Waals surface area contributed by atoms with Crippen molar-refractivity contribution in [2.45, 2.75) is 23.8 Å². The summed E-state index contributed by atoms with van der Waals surface area (Å²) in [5.74, 6) is 2.58. The quantitative estimate of drug-likeness (QED) is 0.759. The molecular weight excluding hydrogens is 238 g/mol. The standard InChI is InChI=1S/C13H18ClNS/c1-10(7-14)15(2)8-11-9-16-13-6-4-3-5-12(11)13/h3-6,10-11H,7-9H2,1-2H3. The molecule has 88 valence electrons. The molecule has 2 unspecified atom stereocenters. The van der Waals surface area contributed by atoms with E-state index in [1.54, 1.807) is 0 Å².